The smallest absolute Gasteiger partial charge is 0.216 e. The average molecular weight is 217 g/mol. The monoisotopic (exact) mass is 217 g/mol. The van der Waals surface area contributed by atoms with Crippen molar-refractivity contribution in [2.45, 2.75) is 12.5 Å². The Morgan fingerprint density at radius 1 is 1.56 bits per heavy atom. The molecule has 2 rings (SSSR count). The van der Waals surface area contributed by atoms with E-state index < -0.39 is 0 Å². The summed E-state index contributed by atoms with van der Waals surface area (Å²) in [6.45, 7) is 2.72. The molecule has 0 bridgehead atoms. The number of nitrogens with one attached hydrogen (secondary N) is 2. The van der Waals surface area contributed by atoms with Crippen molar-refractivity contribution >= 4 is 19.3 Å². The lowest BCUT2D eigenvalue weighted by Crippen LogP contribution is -2.37. The minimum atomic E-state index is -0.251. The molecule has 0 aromatic heterocycles. The van der Waals surface area contributed by atoms with Crippen molar-refractivity contribution < 1.29 is 4.84 Å². The number of guanidine groups is 1. The summed E-state index contributed by atoms with van der Waals surface area (Å²) in [5.74, 6) is 0.312. The maximum atomic E-state index is 7.75. The lowest BCUT2D eigenvalue weighted by atomic mass is 9.87. The lowest BCUT2D eigenvalue weighted by Gasteiger charge is -2.24. The van der Waals surface area contributed by atoms with Crippen LogP contribution in [0, 0.1) is 5.41 Å². The molecular formula is C11H16BN3O. The SMILES string of the molecule is Bc1cccc(C2(C)CN(OC)C(=N)N2)c1. The van der Waals surface area contributed by atoms with Gasteiger partial charge in [0.1, 0.15) is 7.85 Å². The second-order valence-electron chi connectivity index (χ2n) is 4.39. The Hall–Kier alpha value is -1.49. The van der Waals surface area contributed by atoms with Gasteiger partial charge in [-0.3, -0.25) is 10.2 Å². The van der Waals surface area contributed by atoms with Crippen molar-refractivity contribution in [3.05, 3.63) is 29.8 Å². The first kappa shape index (κ1) is 11.0. The van der Waals surface area contributed by atoms with E-state index in [4.69, 9.17) is 10.2 Å². The van der Waals surface area contributed by atoms with E-state index in [0.29, 0.717) is 12.5 Å². The molecule has 1 fully saturated rings. The fourth-order valence-corrected chi connectivity index (χ4v) is 2.04. The molecular weight excluding hydrogens is 201 g/mol. The summed E-state index contributed by atoms with van der Waals surface area (Å²) in [6.07, 6.45) is 0. The summed E-state index contributed by atoms with van der Waals surface area (Å²) < 4.78 is 0. The van der Waals surface area contributed by atoms with Gasteiger partial charge in [-0.1, -0.05) is 29.7 Å². The zero-order valence-electron chi connectivity index (χ0n) is 9.87. The van der Waals surface area contributed by atoms with Gasteiger partial charge >= 0.3 is 0 Å². The number of hydrogen-bond donors (Lipinski definition) is 2. The first-order valence-corrected chi connectivity index (χ1v) is 5.31. The normalized spacial score (nSPS) is 24.6. The minimum Gasteiger partial charge on any atom is -0.344 e. The number of rotatable bonds is 2. The summed E-state index contributed by atoms with van der Waals surface area (Å²) >= 11 is 0. The average Bonchev–Trinajstić information content (AvgIpc) is 2.55. The van der Waals surface area contributed by atoms with Crippen LogP contribution in [0.15, 0.2) is 24.3 Å². The van der Waals surface area contributed by atoms with Crippen LogP contribution >= 0.6 is 0 Å². The molecule has 0 radical (unpaired) electrons. The van der Waals surface area contributed by atoms with E-state index in [1.54, 1.807) is 12.2 Å². The van der Waals surface area contributed by atoms with Crippen LogP contribution in [0.5, 0.6) is 0 Å². The van der Waals surface area contributed by atoms with Gasteiger partial charge in [0.05, 0.1) is 19.2 Å². The maximum absolute atomic E-state index is 7.75. The van der Waals surface area contributed by atoms with Gasteiger partial charge in [0, 0.05) is 0 Å². The predicted molar refractivity (Wildman–Crippen MR) is 66.5 cm³/mol. The van der Waals surface area contributed by atoms with Crippen LogP contribution in [0.4, 0.5) is 0 Å². The van der Waals surface area contributed by atoms with Gasteiger partial charge in [-0.15, -0.1) is 0 Å². The third-order valence-corrected chi connectivity index (χ3v) is 2.98. The second kappa shape index (κ2) is 3.83. The lowest BCUT2D eigenvalue weighted by molar-refractivity contribution is -0.0632. The van der Waals surface area contributed by atoms with Gasteiger partial charge < -0.3 is 5.32 Å². The Kier molecular flexibility index (Phi) is 2.64. The van der Waals surface area contributed by atoms with Crippen LogP contribution in [0.3, 0.4) is 0 Å². The van der Waals surface area contributed by atoms with Gasteiger partial charge in [-0.2, -0.15) is 0 Å². The molecule has 1 heterocycles. The number of hydroxylamine groups is 2. The Morgan fingerprint density at radius 3 is 2.88 bits per heavy atom. The van der Waals surface area contributed by atoms with Crippen molar-refractivity contribution in [1.29, 1.82) is 5.41 Å². The van der Waals surface area contributed by atoms with Crippen molar-refractivity contribution in [1.82, 2.24) is 10.4 Å². The molecule has 1 aromatic carbocycles. The second-order valence-corrected chi connectivity index (χ2v) is 4.39. The fourth-order valence-electron chi connectivity index (χ4n) is 2.04. The largest absolute Gasteiger partial charge is 0.344 e. The summed E-state index contributed by atoms with van der Waals surface area (Å²) in [5.41, 5.74) is 2.15. The van der Waals surface area contributed by atoms with E-state index in [1.165, 1.54) is 11.0 Å². The molecule has 1 unspecified atom stereocenters. The highest BCUT2D eigenvalue weighted by atomic mass is 16.7. The van der Waals surface area contributed by atoms with E-state index in [0.717, 1.165) is 0 Å². The van der Waals surface area contributed by atoms with Gasteiger partial charge in [0.15, 0.2) is 0 Å². The van der Waals surface area contributed by atoms with Crippen LogP contribution in [-0.4, -0.2) is 32.5 Å². The molecule has 1 aliphatic rings. The van der Waals surface area contributed by atoms with Gasteiger partial charge in [0.25, 0.3) is 0 Å². The fraction of sp³-hybridized carbons (Fsp3) is 0.364. The molecule has 0 spiro atoms. The molecule has 4 nitrogen and oxygen atoms in total. The van der Waals surface area contributed by atoms with Crippen LogP contribution in [0.2, 0.25) is 0 Å². The van der Waals surface area contributed by atoms with E-state index in [2.05, 4.69) is 38.3 Å². The number of hydrogen-bond acceptors (Lipinski definition) is 2. The Labute approximate surface area is 96.5 Å². The summed E-state index contributed by atoms with van der Waals surface area (Å²) in [6, 6.07) is 8.32. The zero-order chi connectivity index (χ0) is 11.8. The molecule has 1 aliphatic heterocycles. The molecule has 0 aliphatic carbocycles. The van der Waals surface area contributed by atoms with E-state index in [9.17, 15) is 0 Å². The third kappa shape index (κ3) is 1.78. The Bertz CT molecular complexity index is 423. The molecule has 1 saturated heterocycles. The third-order valence-electron chi connectivity index (χ3n) is 2.98. The van der Waals surface area contributed by atoms with E-state index in [1.807, 2.05) is 6.07 Å². The first-order chi connectivity index (χ1) is 7.55. The van der Waals surface area contributed by atoms with Crippen LogP contribution < -0.4 is 10.8 Å². The van der Waals surface area contributed by atoms with E-state index in [-0.39, 0.29) is 5.54 Å². The van der Waals surface area contributed by atoms with Crippen LogP contribution in [-0.2, 0) is 10.4 Å². The minimum absolute atomic E-state index is 0.251. The molecule has 0 saturated carbocycles. The molecule has 1 atom stereocenters. The number of benzene rings is 1. The van der Waals surface area contributed by atoms with Gasteiger partial charge in [0.2, 0.25) is 5.96 Å². The molecule has 2 N–H and O–H groups in total. The highest BCUT2D eigenvalue weighted by molar-refractivity contribution is 6.32. The number of nitrogens with zero attached hydrogens (tertiary/aromatic N) is 1. The summed E-state index contributed by atoms with van der Waals surface area (Å²) in [5, 5.41) is 12.5. The van der Waals surface area contributed by atoms with Gasteiger partial charge in [-0.05, 0) is 12.5 Å². The van der Waals surface area contributed by atoms with Crippen LogP contribution in [0.1, 0.15) is 12.5 Å². The van der Waals surface area contributed by atoms with Gasteiger partial charge in [-0.25, -0.2) is 5.06 Å². The standard InChI is InChI=1S/C11H16BN3O/c1-11(7-15(16-2)10(13)14-11)8-4-3-5-9(12)6-8/h3-6H,7,12H2,1-2H3,(H2,13,14). The highest BCUT2D eigenvalue weighted by Gasteiger charge is 2.38. The van der Waals surface area contributed by atoms with E-state index >= 15 is 0 Å². The Morgan fingerprint density at radius 2 is 2.31 bits per heavy atom. The zero-order valence-corrected chi connectivity index (χ0v) is 9.87. The van der Waals surface area contributed by atoms with Crippen molar-refractivity contribution in [2.24, 2.45) is 0 Å². The topological polar surface area (TPSA) is 48.4 Å². The molecule has 5 heteroatoms. The van der Waals surface area contributed by atoms with Crippen molar-refractivity contribution in [3.63, 3.8) is 0 Å². The summed E-state index contributed by atoms with van der Waals surface area (Å²) in [7, 11) is 3.65. The molecule has 16 heavy (non-hydrogen) atoms. The van der Waals surface area contributed by atoms with Crippen molar-refractivity contribution in [2.75, 3.05) is 13.7 Å². The maximum Gasteiger partial charge on any atom is 0.216 e. The first-order valence-electron chi connectivity index (χ1n) is 5.31. The molecule has 84 valence electrons. The van der Waals surface area contributed by atoms with Crippen LogP contribution in [0.25, 0.3) is 0 Å². The Balaban J connectivity index is 2.31. The highest BCUT2D eigenvalue weighted by Crippen LogP contribution is 2.25. The summed E-state index contributed by atoms with van der Waals surface area (Å²) in [4.78, 5) is 5.12. The molecule has 1 aromatic rings. The van der Waals surface area contributed by atoms with Crippen molar-refractivity contribution in [3.8, 4) is 0 Å². The molecule has 0 amide bonds. The predicted octanol–water partition coefficient (Wildman–Crippen LogP) is -0.438. The quantitative estimate of drug-likeness (QED) is 0.660.